The minimum absolute atomic E-state index is 0.140. The molecule has 0 radical (unpaired) electrons. The number of hydrogen-bond acceptors (Lipinski definition) is 4. The van der Waals surface area contributed by atoms with Gasteiger partial charge in [0.05, 0.1) is 5.69 Å². The van der Waals surface area contributed by atoms with E-state index in [2.05, 4.69) is 36.5 Å². The molecule has 0 amide bonds. The molecule has 2 N–H and O–H groups in total. The number of nitrogens with one attached hydrogen (secondary N) is 2. The van der Waals surface area contributed by atoms with E-state index >= 15 is 0 Å². The zero-order chi connectivity index (χ0) is 17.1. The zero-order valence-corrected chi connectivity index (χ0v) is 14.2. The maximum atomic E-state index is 13.7. The van der Waals surface area contributed by atoms with Crippen LogP contribution < -0.4 is 10.6 Å². The fourth-order valence-corrected chi connectivity index (χ4v) is 2.58. The van der Waals surface area contributed by atoms with Crippen LogP contribution in [-0.2, 0) is 0 Å². The van der Waals surface area contributed by atoms with Gasteiger partial charge in [0.2, 0.25) is 5.95 Å². The van der Waals surface area contributed by atoms with Crippen molar-refractivity contribution in [1.29, 1.82) is 0 Å². The van der Waals surface area contributed by atoms with Gasteiger partial charge >= 0.3 is 0 Å². The molecule has 0 aliphatic rings. The lowest BCUT2D eigenvalue weighted by atomic mass is 10.2. The van der Waals surface area contributed by atoms with Gasteiger partial charge in [0, 0.05) is 22.4 Å². The summed E-state index contributed by atoms with van der Waals surface area (Å²) in [6, 6.07) is 10.7. The quantitative estimate of drug-likeness (QED) is 0.633. The number of nitrogens with zero attached hydrogens (tertiary/aromatic N) is 2. The van der Waals surface area contributed by atoms with Gasteiger partial charge in [0.15, 0.2) is 0 Å². The Balaban J connectivity index is 1.81. The fraction of sp³-hybridized carbons (Fsp3) is 0.0588. The Kier molecular flexibility index (Phi) is 4.71. The van der Waals surface area contributed by atoms with E-state index in [9.17, 15) is 8.78 Å². The molecule has 2 aromatic carbocycles. The van der Waals surface area contributed by atoms with E-state index < -0.39 is 11.6 Å². The normalized spacial score (nSPS) is 10.5. The van der Waals surface area contributed by atoms with Crippen LogP contribution in [0.3, 0.4) is 0 Å². The first kappa shape index (κ1) is 16.3. The summed E-state index contributed by atoms with van der Waals surface area (Å²) in [4.78, 5) is 8.43. The van der Waals surface area contributed by atoms with Crippen LogP contribution in [-0.4, -0.2) is 9.97 Å². The van der Waals surface area contributed by atoms with Gasteiger partial charge < -0.3 is 10.6 Å². The van der Waals surface area contributed by atoms with Gasteiger partial charge in [-0.3, -0.25) is 0 Å². The van der Waals surface area contributed by atoms with Gasteiger partial charge in [-0.15, -0.1) is 0 Å². The molecule has 0 fully saturated rings. The van der Waals surface area contributed by atoms with E-state index in [1.54, 1.807) is 12.3 Å². The molecular weight excluding hydrogens is 378 g/mol. The lowest BCUT2D eigenvalue weighted by Crippen LogP contribution is -2.02. The third-order valence-electron chi connectivity index (χ3n) is 3.28. The van der Waals surface area contributed by atoms with Crippen LogP contribution in [0.15, 0.2) is 53.1 Å². The van der Waals surface area contributed by atoms with Crippen molar-refractivity contribution in [1.82, 2.24) is 9.97 Å². The van der Waals surface area contributed by atoms with Crippen LogP contribution in [0.25, 0.3) is 0 Å². The summed E-state index contributed by atoms with van der Waals surface area (Å²) in [7, 11) is 0. The van der Waals surface area contributed by atoms with Crippen molar-refractivity contribution in [3.63, 3.8) is 0 Å². The van der Waals surface area contributed by atoms with Gasteiger partial charge in [0.25, 0.3) is 0 Å². The molecule has 0 saturated carbocycles. The first-order valence-corrected chi connectivity index (χ1v) is 7.89. The lowest BCUT2D eigenvalue weighted by Gasteiger charge is -2.11. The number of hydrogen-bond donors (Lipinski definition) is 2. The SMILES string of the molecule is Cc1cc(Br)ccc1Nc1nccc(Nc2ccc(F)cc2F)n1. The Morgan fingerprint density at radius 1 is 0.958 bits per heavy atom. The number of aromatic nitrogens is 2. The maximum Gasteiger partial charge on any atom is 0.229 e. The summed E-state index contributed by atoms with van der Waals surface area (Å²) in [6.45, 7) is 1.96. The highest BCUT2D eigenvalue weighted by molar-refractivity contribution is 9.10. The highest BCUT2D eigenvalue weighted by atomic mass is 79.9. The molecule has 24 heavy (non-hydrogen) atoms. The molecule has 0 aliphatic carbocycles. The van der Waals surface area contributed by atoms with Crippen LogP contribution in [0, 0.1) is 18.6 Å². The van der Waals surface area contributed by atoms with Crippen LogP contribution in [0.2, 0.25) is 0 Å². The summed E-state index contributed by atoms with van der Waals surface area (Å²) in [5.41, 5.74) is 2.03. The van der Waals surface area contributed by atoms with Crippen molar-refractivity contribution in [3.8, 4) is 0 Å². The molecule has 0 saturated heterocycles. The molecule has 122 valence electrons. The van der Waals surface area contributed by atoms with E-state index in [1.165, 1.54) is 12.1 Å². The van der Waals surface area contributed by atoms with Crippen LogP contribution in [0.1, 0.15) is 5.56 Å². The van der Waals surface area contributed by atoms with Crippen LogP contribution in [0.4, 0.5) is 31.9 Å². The predicted octanol–water partition coefficient (Wildman–Crippen LogP) is 5.31. The van der Waals surface area contributed by atoms with Gasteiger partial charge in [-0.05, 0) is 48.9 Å². The third kappa shape index (κ3) is 3.86. The van der Waals surface area contributed by atoms with E-state index in [4.69, 9.17) is 0 Å². The van der Waals surface area contributed by atoms with E-state index in [-0.39, 0.29) is 5.69 Å². The van der Waals surface area contributed by atoms with Gasteiger partial charge in [0.1, 0.15) is 17.5 Å². The van der Waals surface area contributed by atoms with Crippen molar-refractivity contribution in [2.45, 2.75) is 6.92 Å². The molecule has 0 aliphatic heterocycles. The molecule has 0 bridgehead atoms. The van der Waals surface area contributed by atoms with Gasteiger partial charge in [-0.1, -0.05) is 15.9 Å². The highest BCUT2D eigenvalue weighted by Crippen LogP contribution is 2.24. The number of rotatable bonds is 4. The first-order chi connectivity index (χ1) is 11.5. The first-order valence-electron chi connectivity index (χ1n) is 7.09. The Hall–Kier alpha value is -2.54. The standard InChI is InChI=1S/C17H13BrF2N4/c1-10-8-11(18)2-4-14(10)23-17-21-7-6-16(24-17)22-15-5-3-12(19)9-13(15)20/h2-9H,1H3,(H2,21,22,23,24). The monoisotopic (exact) mass is 390 g/mol. The summed E-state index contributed by atoms with van der Waals surface area (Å²) in [5.74, 6) is -0.554. The fourth-order valence-electron chi connectivity index (χ4n) is 2.11. The van der Waals surface area contributed by atoms with E-state index in [0.717, 1.165) is 21.8 Å². The molecule has 7 heteroatoms. The predicted molar refractivity (Wildman–Crippen MR) is 93.8 cm³/mol. The molecule has 1 aromatic heterocycles. The van der Waals surface area contributed by atoms with Gasteiger partial charge in [-0.2, -0.15) is 4.98 Å². The average Bonchev–Trinajstić information content (AvgIpc) is 2.53. The number of benzene rings is 2. The second-order valence-corrected chi connectivity index (χ2v) is 6.01. The Bertz CT molecular complexity index is 817. The highest BCUT2D eigenvalue weighted by Gasteiger charge is 2.07. The number of halogens is 3. The molecule has 3 aromatic rings. The van der Waals surface area contributed by atoms with Crippen molar-refractivity contribution < 1.29 is 8.78 Å². The van der Waals surface area contributed by atoms with Crippen molar-refractivity contribution >= 4 is 39.1 Å². The summed E-state index contributed by atoms with van der Waals surface area (Å²) in [5, 5.41) is 5.92. The van der Waals surface area contributed by atoms with Crippen LogP contribution >= 0.6 is 15.9 Å². The molecule has 0 unspecified atom stereocenters. The molecule has 0 spiro atoms. The van der Waals surface area contributed by atoms with Crippen molar-refractivity contribution in [2.75, 3.05) is 10.6 Å². The Labute approximate surface area is 146 Å². The summed E-state index contributed by atoms with van der Waals surface area (Å²) >= 11 is 3.41. The summed E-state index contributed by atoms with van der Waals surface area (Å²) < 4.78 is 27.6. The second-order valence-electron chi connectivity index (χ2n) is 5.10. The zero-order valence-electron chi connectivity index (χ0n) is 12.6. The topological polar surface area (TPSA) is 49.8 Å². The summed E-state index contributed by atoms with van der Waals surface area (Å²) in [6.07, 6.45) is 1.55. The van der Waals surface area contributed by atoms with E-state index in [0.29, 0.717) is 11.8 Å². The third-order valence-corrected chi connectivity index (χ3v) is 3.78. The van der Waals surface area contributed by atoms with Gasteiger partial charge in [-0.25, -0.2) is 13.8 Å². The maximum absolute atomic E-state index is 13.7. The minimum atomic E-state index is -0.688. The molecule has 1 heterocycles. The largest absolute Gasteiger partial charge is 0.338 e. The van der Waals surface area contributed by atoms with Crippen LogP contribution in [0.5, 0.6) is 0 Å². The lowest BCUT2D eigenvalue weighted by molar-refractivity contribution is 0.586. The molecular formula is C17H13BrF2N4. The van der Waals surface area contributed by atoms with Crippen molar-refractivity contribution in [2.24, 2.45) is 0 Å². The van der Waals surface area contributed by atoms with Crippen molar-refractivity contribution in [3.05, 3.63) is 70.3 Å². The molecule has 4 nitrogen and oxygen atoms in total. The molecule has 3 rings (SSSR count). The molecule has 0 atom stereocenters. The number of anilines is 4. The average molecular weight is 391 g/mol. The second kappa shape index (κ2) is 6.92. The Morgan fingerprint density at radius 3 is 2.50 bits per heavy atom. The number of aryl methyl sites for hydroxylation is 1. The minimum Gasteiger partial charge on any atom is -0.338 e. The Morgan fingerprint density at radius 2 is 1.75 bits per heavy atom. The smallest absolute Gasteiger partial charge is 0.229 e. The van der Waals surface area contributed by atoms with E-state index in [1.807, 2.05) is 25.1 Å².